The van der Waals surface area contributed by atoms with E-state index in [1.807, 2.05) is 0 Å². The summed E-state index contributed by atoms with van der Waals surface area (Å²) in [6, 6.07) is 2.75. The molecule has 0 aliphatic heterocycles. The Hall–Kier alpha value is -0.900. The Morgan fingerprint density at radius 1 is 1.36 bits per heavy atom. The number of halogens is 2. The normalized spacial score (nSPS) is 10.3. The number of carbonyl (C=O) groups excluding carboxylic acids is 1. The van der Waals surface area contributed by atoms with Crippen LogP contribution in [0.4, 0.5) is 8.78 Å². The van der Waals surface area contributed by atoms with Gasteiger partial charge in [0.05, 0.1) is 5.56 Å². The average molecular weight is 216 g/mol. The van der Waals surface area contributed by atoms with E-state index in [9.17, 15) is 13.6 Å². The van der Waals surface area contributed by atoms with Crippen LogP contribution in [0, 0.1) is 11.6 Å². The van der Waals surface area contributed by atoms with Gasteiger partial charge in [0.2, 0.25) is 0 Å². The molecular weight excluding hydrogens is 206 g/mol. The molecule has 0 saturated carbocycles. The molecule has 1 aromatic carbocycles. The number of carbonyl (C=O) groups is 1. The van der Waals surface area contributed by atoms with Crippen molar-refractivity contribution in [3.05, 3.63) is 29.3 Å². The Labute approximate surface area is 85.5 Å². The first kappa shape index (κ1) is 11.2. The van der Waals surface area contributed by atoms with E-state index in [-0.39, 0.29) is 22.7 Å². The fourth-order valence-corrected chi connectivity index (χ4v) is 1.57. The maximum Gasteiger partial charge on any atom is 0.173 e. The molecule has 0 heterocycles. The van der Waals surface area contributed by atoms with Gasteiger partial charge in [-0.15, -0.1) is 11.8 Å². The lowest BCUT2D eigenvalue weighted by molar-refractivity contribution is 0.0983. The van der Waals surface area contributed by atoms with E-state index in [4.69, 9.17) is 0 Å². The molecule has 14 heavy (non-hydrogen) atoms. The third-order valence-electron chi connectivity index (χ3n) is 1.89. The fourth-order valence-electron chi connectivity index (χ4n) is 1.10. The monoisotopic (exact) mass is 216 g/mol. The Bertz CT molecular complexity index is 363. The zero-order valence-corrected chi connectivity index (χ0v) is 8.75. The van der Waals surface area contributed by atoms with Crippen molar-refractivity contribution in [1.82, 2.24) is 0 Å². The topological polar surface area (TPSA) is 17.1 Å². The number of hydrogen-bond acceptors (Lipinski definition) is 2. The summed E-state index contributed by atoms with van der Waals surface area (Å²) in [5.41, 5.74) is -0.164. The largest absolute Gasteiger partial charge is 0.294 e. The molecule has 4 heteroatoms. The van der Waals surface area contributed by atoms with Crippen LogP contribution in [0.3, 0.4) is 0 Å². The van der Waals surface area contributed by atoms with Crippen molar-refractivity contribution in [2.24, 2.45) is 0 Å². The SMILES string of the molecule is CCC(=O)c1ccc(SC)c(F)c1F. The van der Waals surface area contributed by atoms with Gasteiger partial charge in [-0.25, -0.2) is 8.78 Å². The van der Waals surface area contributed by atoms with E-state index in [0.29, 0.717) is 0 Å². The molecule has 0 saturated heterocycles. The number of thioether (sulfide) groups is 1. The van der Waals surface area contributed by atoms with Crippen molar-refractivity contribution in [2.75, 3.05) is 6.26 Å². The van der Waals surface area contributed by atoms with E-state index in [1.165, 1.54) is 12.1 Å². The van der Waals surface area contributed by atoms with Crippen molar-refractivity contribution in [2.45, 2.75) is 18.2 Å². The maximum atomic E-state index is 13.3. The molecule has 0 N–H and O–H groups in total. The molecule has 0 atom stereocenters. The van der Waals surface area contributed by atoms with Gasteiger partial charge >= 0.3 is 0 Å². The van der Waals surface area contributed by atoms with E-state index in [2.05, 4.69) is 0 Å². The zero-order valence-electron chi connectivity index (χ0n) is 7.93. The first-order chi connectivity index (χ1) is 6.61. The molecule has 0 radical (unpaired) electrons. The molecule has 1 aromatic rings. The summed E-state index contributed by atoms with van der Waals surface area (Å²) in [5, 5.41) is 0. The molecule has 0 amide bonds. The van der Waals surface area contributed by atoms with Crippen LogP contribution in [-0.2, 0) is 0 Å². The van der Waals surface area contributed by atoms with Crippen LogP contribution in [0.5, 0.6) is 0 Å². The van der Waals surface area contributed by atoms with Crippen molar-refractivity contribution in [1.29, 1.82) is 0 Å². The second-order valence-corrected chi connectivity index (χ2v) is 3.57. The number of ketones is 1. The van der Waals surface area contributed by atoms with Crippen molar-refractivity contribution in [3.63, 3.8) is 0 Å². The van der Waals surface area contributed by atoms with E-state index >= 15 is 0 Å². The van der Waals surface area contributed by atoms with Crippen molar-refractivity contribution >= 4 is 17.5 Å². The first-order valence-electron chi connectivity index (χ1n) is 4.17. The van der Waals surface area contributed by atoms with Gasteiger partial charge in [-0.05, 0) is 18.4 Å². The van der Waals surface area contributed by atoms with Crippen LogP contribution in [-0.4, -0.2) is 12.0 Å². The second kappa shape index (κ2) is 4.55. The molecular formula is C10H10F2OS. The minimum Gasteiger partial charge on any atom is -0.294 e. The van der Waals surface area contributed by atoms with Gasteiger partial charge < -0.3 is 0 Å². The molecule has 1 nitrogen and oxygen atoms in total. The molecule has 0 fully saturated rings. The Kier molecular flexibility index (Phi) is 3.63. The maximum absolute atomic E-state index is 13.3. The summed E-state index contributed by atoms with van der Waals surface area (Å²) in [7, 11) is 0. The minimum atomic E-state index is -1.04. The minimum absolute atomic E-state index is 0.164. The fraction of sp³-hybridized carbons (Fsp3) is 0.300. The van der Waals surface area contributed by atoms with Crippen LogP contribution >= 0.6 is 11.8 Å². The van der Waals surface area contributed by atoms with Gasteiger partial charge in [0.1, 0.15) is 0 Å². The van der Waals surface area contributed by atoms with Gasteiger partial charge in [-0.3, -0.25) is 4.79 Å². The summed E-state index contributed by atoms with van der Waals surface area (Å²) in [4.78, 5) is 11.4. The van der Waals surface area contributed by atoms with Crippen LogP contribution in [0.15, 0.2) is 17.0 Å². The smallest absolute Gasteiger partial charge is 0.173 e. The molecule has 76 valence electrons. The Morgan fingerprint density at radius 3 is 2.50 bits per heavy atom. The molecule has 0 aliphatic carbocycles. The van der Waals surface area contributed by atoms with Crippen molar-refractivity contribution < 1.29 is 13.6 Å². The Morgan fingerprint density at radius 2 is 2.00 bits per heavy atom. The lowest BCUT2D eigenvalue weighted by Crippen LogP contribution is -2.03. The highest BCUT2D eigenvalue weighted by Gasteiger charge is 2.16. The predicted octanol–water partition coefficient (Wildman–Crippen LogP) is 3.28. The van der Waals surface area contributed by atoms with Crippen molar-refractivity contribution in [3.8, 4) is 0 Å². The molecule has 0 unspecified atom stereocenters. The molecule has 1 rings (SSSR count). The number of rotatable bonds is 3. The quantitative estimate of drug-likeness (QED) is 0.569. The molecule has 0 spiro atoms. The lowest BCUT2D eigenvalue weighted by Gasteiger charge is -2.04. The van der Waals surface area contributed by atoms with Crippen LogP contribution in [0.25, 0.3) is 0 Å². The number of hydrogen-bond donors (Lipinski definition) is 0. The van der Waals surface area contributed by atoms with E-state index in [1.54, 1.807) is 13.2 Å². The molecule has 0 aromatic heterocycles. The Balaban J connectivity index is 3.24. The third-order valence-corrected chi connectivity index (χ3v) is 2.64. The standard InChI is InChI=1S/C10H10F2OS/c1-3-7(13)6-4-5-8(14-2)10(12)9(6)11/h4-5H,3H2,1-2H3. The zero-order chi connectivity index (χ0) is 10.7. The summed E-state index contributed by atoms with van der Waals surface area (Å²) in [5.74, 6) is -2.35. The summed E-state index contributed by atoms with van der Waals surface area (Å²) >= 11 is 1.11. The average Bonchev–Trinajstić information content (AvgIpc) is 2.21. The van der Waals surface area contributed by atoms with Crippen LogP contribution in [0.2, 0.25) is 0 Å². The highest BCUT2D eigenvalue weighted by molar-refractivity contribution is 7.98. The predicted molar refractivity (Wildman–Crippen MR) is 52.8 cm³/mol. The van der Waals surface area contributed by atoms with Crippen LogP contribution in [0.1, 0.15) is 23.7 Å². The van der Waals surface area contributed by atoms with Gasteiger partial charge in [0, 0.05) is 11.3 Å². The molecule has 0 bridgehead atoms. The van der Waals surface area contributed by atoms with Gasteiger partial charge in [-0.2, -0.15) is 0 Å². The third kappa shape index (κ3) is 1.95. The lowest BCUT2D eigenvalue weighted by atomic mass is 10.1. The summed E-state index contributed by atoms with van der Waals surface area (Å²) < 4.78 is 26.5. The second-order valence-electron chi connectivity index (χ2n) is 2.72. The van der Waals surface area contributed by atoms with E-state index < -0.39 is 11.6 Å². The van der Waals surface area contributed by atoms with Gasteiger partial charge in [0.25, 0.3) is 0 Å². The van der Waals surface area contributed by atoms with E-state index in [0.717, 1.165) is 11.8 Å². The highest BCUT2D eigenvalue weighted by Crippen LogP contribution is 2.24. The molecule has 0 aliphatic rings. The first-order valence-corrected chi connectivity index (χ1v) is 5.39. The van der Waals surface area contributed by atoms with Gasteiger partial charge in [-0.1, -0.05) is 6.92 Å². The van der Waals surface area contributed by atoms with Crippen LogP contribution < -0.4 is 0 Å². The summed E-state index contributed by atoms with van der Waals surface area (Å²) in [6.45, 7) is 1.61. The number of Topliss-reactive ketones (excluding diaryl/α,β-unsaturated/α-hetero) is 1. The number of benzene rings is 1. The highest BCUT2D eigenvalue weighted by atomic mass is 32.2. The van der Waals surface area contributed by atoms with Gasteiger partial charge in [0.15, 0.2) is 17.4 Å². The summed E-state index contributed by atoms with van der Waals surface area (Å²) in [6.07, 6.45) is 1.83.